The van der Waals surface area contributed by atoms with Gasteiger partial charge in [0.2, 0.25) is 0 Å². The molecular formula is C17H23FN2O. The standard InChI is InChI=1S/C17H23FN2O/c1-13(2)19-10-17-15(7-8-21-17)12-20(3)11-14-5-4-6-16(18)9-14/h4-9,13,19H,10-12H2,1-3H3. The van der Waals surface area contributed by atoms with Crippen LogP contribution in [0.4, 0.5) is 4.39 Å². The van der Waals surface area contributed by atoms with E-state index in [-0.39, 0.29) is 5.82 Å². The van der Waals surface area contributed by atoms with Crippen LogP contribution in [0, 0.1) is 5.82 Å². The monoisotopic (exact) mass is 290 g/mol. The molecule has 21 heavy (non-hydrogen) atoms. The summed E-state index contributed by atoms with van der Waals surface area (Å²) in [6.45, 7) is 6.44. The van der Waals surface area contributed by atoms with Crippen molar-refractivity contribution in [3.8, 4) is 0 Å². The molecule has 1 heterocycles. The minimum atomic E-state index is -0.189. The molecule has 1 aromatic carbocycles. The summed E-state index contributed by atoms with van der Waals surface area (Å²) < 4.78 is 18.7. The number of rotatable bonds is 7. The van der Waals surface area contributed by atoms with Gasteiger partial charge < -0.3 is 9.73 Å². The lowest BCUT2D eigenvalue weighted by molar-refractivity contribution is 0.314. The molecular weight excluding hydrogens is 267 g/mol. The van der Waals surface area contributed by atoms with E-state index in [0.717, 1.165) is 24.4 Å². The van der Waals surface area contributed by atoms with Gasteiger partial charge in [-0.1, -0.05) is 26.0 Å². The number of hydrogen-bond acceptors (Lipinski definition) is 3. The first-order chi connectivity index (χ1) is 10.0. The Morgan fingerprint density at radius 1 is 1.24 bits per heavy atom. The Balaban J connectivity index is 1.93. The van der Waals surface area contributed by atoms with E-state index in [1.54, 1.807) is 18.4 Å². The molecule has 0 radical (unpaired) electrons. The van der Waals surface area contributed by atoms with Gasteiger partial charge in [0.1, 0.15) is 11.6 Å². The number of nitrogens with zero attached hydrogens (tertiary/aromatic N) is 1. The molecule has 1 N–H and O–H groups in total. The third-order valence-corrected chi connectivity index (χ3v) is 3.29. The largest absolute Gasteiger partial charge is 0.468 e. The van der Waals surface area contributed by atoms with Crippen LogP contribution < -0.4 is 5.32 Å². The summed E-state index contributed by atoms with van der Waals surface area (Å²) in [6.07, 6.45) is 1.72. The van der Waals surface area contributed by atoms with Gasteiger partial charge in [0, 0.05) is 24.7 Å². The van der Waals surface area contributed by atoms with E-state index in [1.807, 2.05) is 19.2 Å². The molecule has 0 aliphatic rings. The average molecular weight is 290 g/mol. The fourth-order valence-corrected chi connectivity index (χ4v) is 2.25. The molecule has 0 unspecified atom stereocenters. The third kappa shape index (κ3) is 4.99. The Bertz CT molecular complexity index is 565. The normalized spacial score (nSPS) is 11.5. The summed E-state index contributed by atoms with van der Waals surface area (Å²) in [4.78, 5) is 2.15. The Morgan fingerprint density at radius 3 is 2.76 bits per heavy atom. The van der Waals surface area contributed by atoms with Crippen molar-refractivity contribution in [3.05, 3.63) is 59.3 Å². The molecule has 0 saturated heterocycles. The highest BCUT2D eigenvalue weighted by atomic mass is 19.1. The predicted molar refractivity (Wildman–Crippen MR) is 82.3 cm³/mol. The van der Waals surface area contributed by atoms with Gasteiger partial charge in [-0.15, -0.1) is 0 Å². The molecule has 0 aliphatic heterocycles. The number of nitrogens with one attached hydrogen (secondary N) is 1. The summed E-state index contributed by atoms with van der Waals surface area (Å²) in [5.74, 6) is 0.779. The molecule has 0 spiro atoms. The topological polar surface area (TPSA) is 28.4 Å². The molecule has 2 aromatic rings. The summed E-state index contributed by atoms with van der Waals surface area (Å²) >= 11 is 0. The molecule has 4 heteroatoms. The SMILES string of the molecule is CC(C)NCc1occc1CN(C)Cc1cccc(F)c1. The highest BCUT2D eigenvalue weighted by Gasteiger charge is 2.10. The van der Waals surface area contributed by atoms with Gasteiger partial charge in [0.15, 0.2) is 0 Å². The summed E-state index contributed by atoms with van der Waals surface area (Å²) in [5, 5.41) is 3.36. The number of hydrogen-bond donors (Lipinski definition) is 1. The van der Waals surface area contributed by atoms with Crippen LogP contribution in [-0.2, 0) is 19.6 Å². The van der Waals surface area contributed by atoms with Gasteiger partial charge in [0.25, 0.3) is 0 Å². The van der Waals surface area contributed by atoms with Gasteiger partial charge in [-0.3, -0.25) is 4.90 Å². The molecule has 1 aromatic heterocycles. The van der Waals surface area contributed by atoms with Crippen LogP contribution in [0.2, 0.25) is 0 Å². The van der Waals surface area contributed by atoms with Crippen LogP contribution in [0.5, 0.6) is 0 Å². The molecule has 114 valence electrons. The number of benzene rings is 1. The minimum absolute atomic E-state index is 0.189. The third-order valence-electron chi connectivity index (χ3n) is 3.29. The van der Waals surface area contributed by atoms with Crippen molar-refractivity contribution in [3.63, 3.8) is 0 Å². The molecule has 0 atom stereocenters. The molecule has 2 rings (SSSR count). The molecule has 0 saturated carbocycles. The lowest BCUT2D eigenvalue weighted by Gasteiger charge is -2.17. The van der Waals surface area contributed by atoms with E-state index < -0.39 is 0 Å². The van der Waals surface area contributed by atoms with Crippen molar-refractivity contribution in [1.29, 1.82) is 0 Å². The fourth-order valence-electron chi connectivity index (χ4n) is 2.25. The van der Waals surface area contributed by atoms with E-state index in [4.69, 9.17) is 4.42 Å². The van der Waals surface area contributed by atoms with Crippen molar-refractivity contribution in [2.45, 2.75) is 39.5 Å². The second-order valence-electron chi connectivity index (χ2n) is 5.71. The molecule has 0 fully saturated rings. The Labute approximate surface area is 125 Å². The zero-order valence-corrected chi connectivity index (χ0v) is 12.9. The fraction of sp³-hybridized carbons (Fsp3) is 0.412. The van der Waals surface area contributed by atoms with Crippen LogP contribution in [0.1, 0.15) is 30.7 Å². The summed E-state index contributed by atoms with van der Waals surface area (Å²) in [7, 11) is 2.03. The lowest BCUT2D eigenvalue weighted by Crippen LogP contribution is -2.23. The van der Waals surface area contributed by atoms with Crippen molar-refractivity contribution < 1.29 is 8.81 Å². The first-order valence-corrected chi connectivity index (χ1v) is 7.26. The Hall–Kier alpha value is -1.65. The summed E-state index contributed by atoms with van der Waals surface area (Å²) in [6, 6.07) is 9.15. The van der Waals surface area contributed by atoms with Crippen LogP contribution in [0.25, 0.3) is 0 Å². The number of furan rings is 1. The molecule has 0 aliphatic carbocycles. The van der Waals surface area contributed by atoms with Gasteiger partial charge >= 0.3 is 0 Å². The van der Waals surface area contributed by atoms with E-state index in [0.29, 0.717) is 12.6 Å². The van der Waals surface area contributed by atoms with E-state index in [1.165, 1.54) is 11.6 Å². The van der Waals surface area contributed by atoms with Crippen molar-refractivity contribution in [1.82, 2.24) is 10.2 Å². The second-order valence-corrected chi connectivity index (χ2v) is 5.71. The quantitative estimate of drug-likeness (QED) is 0.845. The van der Waals surface area contributed by atoms with Gasteiger partial charge in [-0.05, 0) is 30.8 Å². The zero-order chi connectivity index (χ0) is 15.2. The lowest BCUT2D eigenvalue weighted by atomic mass is 10.2. The van der Waals surface area contributed by atoms with E-state index >= 15 is 0 Å². The maximum atomic E-state index is 13.2. The van der Waals surface area contributed by atoms with Gasteiger partial charge in [-0.25, -0.2) is 4.39 Å². The first-order valence-electron chi connectivity index (χ1n) is 7.26. The Kier molecular flexibility index (Phi) is 5.53. The van der Waals surface area contributed by atoms with Crippen molar-refractivity contribution in [2.24, 2.45) is 0 Å². The van der Waals surface area contributed by atoms with Crippen LogP contribution in [0.15, 0.2) is 41.0 Å². The highest BCUT2D eigenvalue weighted by Crippen LogP contribution is 2.15. The Morgan fingerprint density at radius 2 is 2.05 bits per heavy atom. The zero-order valence-electron chi connectivity index (χ0n) is 12.9. The van der Waals surface area contributed by atoms with Crippen molar-refractivity contribution in [2.75, 3.05) is 7.05 Å². The molecule has 0 amide bonds. The average Bonchev–Trinajstić information content (AvgIpc) is 2.83. The van der Waals surface area contributed by atoms with Crippen LogP contribution >= 0.6 is 0 Å². The predicted octanol–water partition coefficient (Wildman–Crippen LogP) is 3.55. The van der Waals surface area contributed by atoms with Gasteiger partial charge in [0.05, 0.1) is 12.8 Å². The van der Waals surface area contributed by atoms with E-state index in [2.05, 4.69) is 24.1 Å². The smallest absolute Gasteiger partial charge is 0.123 e. The van der Waals surface area contributed by atoms with Gasteiger partial charge in [-0.2, -0.15) is 0 Å². The minimum Gasteiger partial charge on any atom is -0.468 e. The van der Waals surface area contributed by atoms with E-state index in [9.17, 15) is 4.39 Å². The molecule has 0 bridgehead atoms. The summed E-state index contributed by atoms with van der Waals surface area (Å²) in [5.41, 5.74) is 2.14. The van der Waals surface area contributed by atoms with Crippen molar-refractivity contribution >= 4 is 0 Å². The maximum absolute atomic E-state index is 13.2. The molecule has 3 nitrogen and oxygen atoms in total. The second kappa shape index (κ2) is 7.38. The maximum Gasteiger partial charge on any atom is 0.123 e. The first kappa shape index (κ1) is 15.7. The number of halogens is 1. The van der Waals surface area contributed by atoms with Crippen LogP contribution in [0.3, 0.4) is 0 Å². The van der Waals surface area contributed by atoms with Crippen LogP contribution in [-0.4, -0.2) is 18.0 Å². The highest BCUT2D eigenvalue weighted by molar-refractivity contribution is 5.19.